The third-order valence-corrected chi connectivity index (χ3v) is 8.12. The van der Waals surface area contributed by atoms with E-state index < -0.39 is 11.2 Å². The number of nitrogens with one attached hydrogen (secondary N) is 1. The van der Waals surface area contributed by atoms with Crippen molar-refractivity contribution in [2.75, 3.05) is 22.9 Å². The molecular formula is C30H29ClN8O3S. The lowest BCUT2D eigenvalue weighted by molar-refractivity contribution is -0.116. The molecular weight excluding hydrogens is 588 g/mol. The van der Waals surface area contributed by atoms with Crippen molar-refractivity contribution in [3.05, 3.63) is 110 Å². The van der Waals surface area contributed by atoms with E-state index in [4.69, 9.17) is 17.3 Å². The Labute approximate surface area is 256 Å². The van der Waals surface area contributed by atoms with Gasteiger partial charge in [-0.05, 0) is 48.7 Å². The molecule has 5 aromatic rings. The second-order valence-corrected chi connectivity index (χ2v) is 11.0. The maximum absolute atomic E-state index is 13.7. The summed E-state index contributed by atoms with van der Waals surface area (Å²) in [4.78, 5) is 47.2. The Kier molecular flexibility index (Phi) is 9.07. The van der Waals surface area contributed by atoms with Gasteiger partial charge in [-0.2, -0.15) is 0 Å². The van der Waals surface area contributed by atoms with Gasteiger partial charge in [-0.1, -0.05) is 66.7 Å². The quantitative estimate of drug-likeness (QED) is 0.221. The topological polar surface area (TPSA) is 145 Å². The van der Waals surface area contributed by atoms with Gasteiger partial charge >= 0.3 is 5.69 Å². The van der Waals surface area contributed by atoms with Crippen molar-refractivity contribution in [2.24, 2.45) is 0 Å². The predicted molar refractivity (Wildman–Crippen MR) is 169 cm³/mol. The van der Waals surface area contributed by atoms with Crippen LogP contribution >= 0.6 is 23.4 Å². The van der Waals surface area contributed by atoms with E-state index in [9.17, 15) is 14.4 Å². The first-order valence-corrected chi connectivity index (χ1v) is 14.9. The molecule has 0 radical (unpaired) electrons. The number of H-pyrrole nitrogens is 1. The zero-order chi connectivity index (χ0) is 30.5. The number of anilines is 2. The largest absolute Gasteiger partial charge is 0.383 e. The molecule has 0 aliphatic rings. The molecule has 0 bridgehead atoms. The van der Waals surface area contributed by atoms with Crippen LogP contribution in [0.15, 0.2) is 87.8 Å². The molecule has 0 aliphatic heterocycles. The molecule has 3 heterocycles. The summed E-state index contributed by atoms with van der Waals surface area (Å²) in [5, 5.41) is 9.86. The number of nitrogen functional groups attached to an aromatic ring is 1. The van der Waals surface area contributed by atoms with Crippen molar-refractivity contribution < 1.29 is 4.79 Å². The van der Waals surface area contributed by atoms with Crippen molar-refractivity contribution in [1.29, 1.82) is 0 Å². The fraction of sp³-hybridized carbons (Fsp3) is 0.200. The fourth-order valence-corrected chi connectivity index (χ4v) is 5.65. The molecule has 5 rings (SSSR count). The summed E-state index contributed by atoms with van der Waals surface area (Å²) in [5.41, 5.74) is 8.15. The number of aromatic amines is 1. The molecule has 1 amide bonds. The van der Waals surface area contributed by atoms with Gasteiger partial charge in [-0.3, -0.25) is 28.7 Å². The van der Waals surface area contributed by atoms with Crippen LogP contribution < -0.4 is 21.9 Å². The average Bonchev–Trinajstić information content (AvgIpc) is 3.43. The first-order valence-electron chi connectivity index (χ1n) is 13.5. The number of nitrogens with zero attached hydrogens (tertiary/aromatic N) is 6. The lowest BCUT2D eigenvalue weighted by Gasteiger charge is -2.24. The SMILES string of the molecule is CCCN(C(=O)CSc1nnc(-c2ccncc2)n1-c1cccc(Cl)c1C)c1c(N)n(Cc2ccccc2)c(=O)[nH]c1=O. The summed E-state index contributed by atoms with van der Waals surface area (Å²) in [5.74, 6) is 0.0193. The van der Waals surface area contributed by atoms with E-state index in [2.05, 4.69) is 20.2 Å². The van der Waals surface area contributed by atoms with Crippen LogP contribution in [0.4, 0.5) is 11.5 Å². The third-order valence-electron chi connectivity index (χ3n) is 6.79. The van der Waals surface area contributed by atoms with Crippen LogP contribution in [0.25, 0.3) is 17.1 Å². The number of aromatic nitrogens is 6. The molecule has 3 aromatic heterocycles. The summed E-state index contributed by atoms with van der Waals surface area (Å²) in [6, 6.07) is 18.4. The number of carbonyl (C=O) groups is 1. The molecule has 0 fully saturated rings. The average molecular weight is 617 g/mol. The minimum Gasteiger partial charge on any atom is -0.383 e. The van der Waals surface area contributed by atoms with Crippen LogP contribution in [0.5, 0.6) is 0 Å². The second kappa shape index (κ2) is 13.1. The van der Waals surface area contributed by atoms with Gasteiger partial charge in [0.05, 0.1) is 18.0 Å². The van der Waals surface area contributed by atoms with Crippen molar-refractivity contribution >= 4 is 40.8 Å². The van der Waals surface area contributed by atoms with E-state index in [1.807, 2.05) is 73.0 Å². The number of hydrogen-bond donors (Lipinski definition) is 2. The van der Waals surface area contributed by atoms with E-state index >= 15 is 0 Å². The number of benzene rings is 2. The Morgan fingerprint density at radius 2 is 1.79 bits per heavy atom. The molecule has 2 aromatic carbocycles. The second-order valence-electron chi connectivity index (χ2n) is 9.66. The van der Waals surface area contributed by atoms with Gasteiger partial charge in [-0.15, -0.1) is 10.2 Å². The Hall–Kier alpha value is -4.68. The highest BCUT2D eigenvalue weighted by atomic mass is 35.5. The minimum absolute atomic E-state index is 0.0624. The smallest absolute Gasteiger partial charge is 0.330 e. The van der Waals surface area contributed by atoms with Crippen LogP contribution in [-0.4, -0.2) is 47.5 Å². The highest BCUT2D eigenvalue weighted by molar-refractivity contribution is 7.99. The van der Waals surface area contributed by atoms with Gasteiger partial charge in [0.15, 0.2) is 16.7 Å². The zero-order valence-corrected chi connectivity index (χ0v) is 25.1. The summed E-state index contributed by atoms with van der Waals surface area (Å²) in [7, 11) is 0. The molecule has 11 nitrogen and oxygen atoms in total. The number of halogens is 1. The molecule has 220 valence electrons. The first-order chi connectivity index (χ1) is 20.8. The number of amides is 1. The minimum atomic E-state index is -0.726. The van der Waals surface area contributed by atoms with Crippen LogP contribution in [0.2, 0.25) is 5.02 Å². The van der Waals surface area contributed by atoms with Gasteiger partial charge in [0.1, 0.15) is 5.82 Å². The summed E-state index contributed by atoms with van der Waals surface area (Å²) in [6.07, 6.45) is 3.88. The summed E-state index contributed by atoms with van der Waals surface area (Å²) < 4.78 is 3.11. The highest BCUT2D eigenvalue weighted by Crippen LogP contribution is 2.32. The Bertz CT molecular complexity index is 1870. The van der Waals surface area contributed by atoms with Crippen molar-refractivity contribution in [1.82, 2.24) is 29.3 Å². The molecule has 0 spiro atoms. The highest BCUT2D eigenvalue weighted by Gasteiger charge is 2.26. The van der Waals surface area contributed by atoms with E-state index in [0.29, 0.717) is 22.4 Å². The molecule has 0 aliphatic carbocycles. The monoisotopic (exact) mass is 616 g/mol. The number of thioether (sulfide) groups is 1. The third kappa shape index (κ3) is 6.25. The van der Waals surface area contributed by atoms with E-state index in [1.165, 1.54) is 21.2 Å². The van der Waals surface area contributed by atoms with E-state index in [0.717, 1.165) is 22.4 Å². The number of rotatable bonds is 10. The number of hydrogen-bond acceptors (Lipinski definition) is 8. The molecule has 0 saturated carbocycles. The zero-order valence-electron chi connectivity index (χ0n) is 23.5. The molecule has 3 N–H and O–H groups in total. The predicted octanol–water partition coefficient (Wildman–Crippen LogP) is 4.31. The Morgan fingerprint density at radius 1 is 1.05 bits per heavy atom. The molecule has 13 heteroatoms. The van der Waals surface area contributed by atoms with Crippen molar-refractivity contribution in [3.8, 4) is 17.1 Å². The molecule has 43 heavy (non-hydrogen) atoms. The number of pyridine rings is 1. The van der Waals surface area contributed by atoms with Crippen molar-refractivity contribution in [2.45, 2.75) is 32.0 Å². The fourth-order valence-electron chi connectivity index (χ4n) is 4.66. The number of nitrogens with two attached hydrogens (primary N) is 1. The van der Waals surface area contributed by atoms with Crippen LogP contribution in [-0.2, 0) is 11.3 Å². The van der Waals surface area contributed by atoms with Crippen molar-refractivity contribution in [3.63, 3.8) is 0 Å². The van der Waals surface area contributed by atoms with Gasteiger partial charge < -0.3 is 10.6 Å². The van der Waals surface area contributed by atoms with Crippen LogP contribution in [0.1, 0.15) is 24.5 Å². The van der Waals surface area contributed by atoms with Crippen LogP contribution in [0.3, 0.4) is 0 Å². The number of carbonyl (C=O) groups excluding carboxylic acids is 1. The summed E-state index contributed by atoms with van der Waals surface area (Å²) in [6.45, 7) is 4.14. The van der Waals surface area contributed by atoms with Gasteiger partial charge in [0, 0.05) is 29.5 Å². The van der Waals surface area contributed by atoms with Crippen LogP contribution in [0, 0.1) is 6.92 Å². The van der Waals surface area contributed by atoms with E-state index in [-0.39, 0.29) is 36.3 Å². The molecule has 0 saturated heterocycles. The lowest BCUT2D eigenvalue weighted by Crippen LogP contribution is -2.42. The standard InChI is InChI=1S/C30H29ClN8O3S/c1-3-16-37(25-26(32)38(29(42)34-28(25)41)17-20-8-5-4-6-9-20)24(40)18-43-30-36-35-27(21-12-14-33-15-13-21)39(30)23-11-7-10-22(31)19(23)2/h4-15H,3,16-18,32H2,1-2H3,(H,34,41,42). The maximum Gasteiger partial charge on any atom is 0.330 e. The lowest BCUT2D eigenvalue weighted by atomic mass is 10.2. The maximum atomic E-state index is 13.7. The Morgan fingerprint density at radius 3 is 2.51 bits per heavy atom. The molecule has 0 atom stereocenters. The van der Waals surface area contributed by atoms with E-state index in [1.54, 1.807) is 18.5 Å². The molecule has 0 unspecified atom stereocenters. The van der Waals surface area contributed by atoms with Gasteiger partial charge in [-0.25, -0.2) is 4.79 Å². The van der Waals surface area contributed by atoms with Gasteiger partial charge in [0.25, 0.3) is 5.56 Å². The Balaban J connectivity index is 1.49. The summed E-state index contributed by atoms with van der Waals surface area (Å²) >= 11 is 7.63. The normalized spacial score (nSPS) is 11.0. The first kappa shape index (κ1) is 29.8. The van der Waals surface area contributed by atoms with Gasteiger partial charge in [0.2, 0.25) is 5.91 Å².